The smallest absolute Gasteiger partial charge is 0.339 e. The van der Waals surface area contributed by atoms with E-state index in [1.807, 2.05) is 44.2 Å². The van der Waals surface area contributed by atoms with E-state index in [9.17, 15) is 4.79 Å². The summed E-state index contributed by atoms with van der Waals surface area (Å²) in [6.45, 7) is 4.11. The van der Waals surface area contributed by atoms with Crippen molar-refractivity contribution in [3.8, 4) is 22.9 Å². The van der Waals surface area contributed by atoms with E-state index in [0.717, 1.165) is 5.56 Å². The predicted molar refractivity (Wildman–Crippen MR) is 105 cm³/mol. The first-order valence-electron chi connectivity index (χ1n) is 8.12. The van der Waals surface area contributed by atoms with Crippen molar-refractivity contribution in [2.45, 2.75) is 13.8 Å². The van der Waals surface area contributed by atoms with Crippen LogP contribution >= 0.6 is 34.8 Å². The molecule has 8 heteroatoms. The molecule has 3 aromatic rings. The number of hydrogen-bond donors (Lipinski definition) is 0. The van der Waals surface area contributed by atoms with Gasteiger partial charge < -0.3 is 9.15 Å². The second-order valence-electron chi connectivity index (χ2n) is 6.18. The average Bonchev–Trinajstić information content (AvgIpc) is 3.14. The van der Waals surface area contributed by atoms with Crippen LogP contribution in [0.1, 0.15) is 24.2 Å². The van der Waals surface area contributed by atoms with E-state index < -0.39 is 5.97 Å². The molecule has 0 unspecified atom stereocenters. The number of ether oxygens (including phenoxy) is 1. The fourth-order valence-corrected chi connectivity index (χ4v) is 2.99. The number of nitrogens with zero attached hydrogens (tertiary/aromatic N) is 2. The molecule has 0 saturated carbocycles. The lowest BCUT2D eigenvalue weighted by atomic mass is 10.1. The summed E-state index contributed by atoms with van der Waals surface area (Å²) < 4.78 is 11.0. The molecule has 0 aliphatic heterocycles. The number of rotatable bonds is 5. The van der Waals surface area contributed by atoms with Crippen molar-refractivity contribution in [1.29, 1.82) is 0 Å². The van der Waals surface area contributed by atoms with Crippen LogP contribution in [0.25, 0.3) is 22.9 Å². The van der Waals surface area contributed by atoms with Crippen LogP contribution < -0.4 is 0 Å². The topological polar surface area (TPSA) is 65.2 Å². The second-order valence-corrected chi connectivity index (χ2v) is 7.34. The summed E-state index contributed by atoms with van der Waals surface area (Å²) in [7, 11) is 0. The number of esters is 1. The van der Waals surface area contributed by atoms with E-state index in [0.29, 0.717) is 0 Å². The fourth-order valence-electron chi connectivity index (χ4n) is 2.31. The van der Waals surface area contributed by atoms with Crippen LogP contribution in [-0.2, 0) is 4.74 Å². The van der Waals surface area contributed by atoms with Crippen molar-refractivity contribution in [2.75, 3.05) is 6.61 Å². The third-order valence-corrected chi connectivity index (χ3v) is 4.85. The molecule has 0 spiro atoms. The highest BCUT2D eigenvalue weighted by atomic mass is 35.5. The standard InChI is InChI=1S/C19H15Cl3N2O3/c1-10(2)9-26-19(25)12-8-13(20)15(21)16(22)14(12)18-24-23-17(27-18)11-6-4-3-5-7-11/h3-8,10H,9H2,1-2H3. The van der Waals surface area contributed by atoms with Gasteiger partial charge in [0.25, 0.3) is 5.89 Å². The summed E-state index contributed by atoms with van der Waals surface area (Å²) >= 11 is 18.6. The molecule has 1 aromatic heterocycles. The quantitative estimate of drug-likeness (QED) is 0.361. The normalized spacial score (nSPS) is 11.0. The monoisotopic (exact) mass is 424 g/mol. The number of hydrogen-bond acceptors (Lipinski definition) is 5. The molecule has 0 aliphatic rings. The summed E-state index contributed by atoms with van der Waals surface area (Å²) in [5, 5.41) is 8.31. The first-order valence-corrected chi connectivity index (χ1v) is 9.25. The number of halogens is 3. The van der Waals surface area contributed by atoms with E-state index >= 15 is 0 Å². The molecular weight excluding hydrogens is 411 g/mol. The van der Waals surface area contributed by atoms with Crippen LogP contribution in [-0.4, -0.2) is 22.8 Å². The van der Waals surface area contributed by atoms with Crippen LogP contribution in [0.4, 0.5) is 0 Å². The maximum absolute atomic E-state index is 12.6. The summed E-state index contributed by atoms with van der Waals surface area (Å²) in [6.07, 6.45) is 0. The van der Waals surface area contributed by atoms with Crippen LogP contribution in [0.2, 0.25) is 15.1 Å². The Morgan fingerprint density at radius 1 is 1.07 bits per heavy atom. The first-order chi connectivity index (χ1) is 12.9. The maximum atomic E-state index is 12.6. The van der Waals surface area contributed by atoms with Crippen molar-refractivity contribution < 1.29 is 13.9 Å². The van der Waals surface area contributed by atoms with Crippen molar-refractivity contribution >= 4 is 40.8 Å². The highest BCUT2D eigenvalue weighted by Gasteiger charge is 2.26. The molecule has 0 saturated heterocycles. The number of aromatic nitrogens is 2. The predicted octanol–water partition coefficient (Wildman–Crippen LogP) is 6.18. The lowest BCUT2D eigenvalue weighted by molar-refractivity contribution is 0.0459. The van der Waals surface area contributed by atoms with Crippen molar-refractivity contribution in [3.05, 3.63) is 57.0 Å². The van der Waals surface area contributed by atoms with Gasteiger partial charge in [0.2, 0.25) is 5.89 Å². The molecule has 0 radical (unpaired) electrons. The van der Waals surface area contributed by atoms with Crippen molar-refractivity contribution in [1.82, 2.24) is 10.2 Å². The van der Waals surface area contributed by atoms with Crippen LogP contribution in [0.3, 0.4) is 0 Å². The Morgan fingerprint density at radius 2 is 1.74 bits per heavy atom. The third kappa shape index (κ3) is 4.26. The molecule has 2 aromatic carbocycles. The van der Waals surface area contributed by atoms with Gasteiger partial charge in [0.05, 0.1) is 32.8 Å². The van der Waals surface area contributed by atoms with Gasteiger partial charge >= 0.3 is 5.97 Å². The molecule has 27 heavy (non-hydrogen) atoms. The Hall–Kier alpha value is -2.08. The molecule has 0 fully saturated rings. The van der Waals surface area contributed by atoms with Gasteiger partial charge in [0, 0.05) is 5.56 Å². The zero-order valence-electron chi connectivity index (χ0n) is 14.5. The number of carbonyl (C=O) groups excluding carboxylic acids is 1. The first kappa shape index (κ1) is 19.7. The maximum Gasteiger partial charge on any atom is 0.339 e. The Balaban J connectivity index is 2.08. The second kappa shape index (κ2) is 8.30. The Morgan fingerprint density at radius 3 is 2.41 bits per heavy atom. The molecule has 0 amide bonds. The Kier molecular flexibility index (Phi) is 6.05. The minimum Gasteiger partial charge on any atom is -0.462 e. The van der Waals surface area contributed by atoms with Gasteiger partial charge in [-0.3, -0.25) is 0 Å². The van der Waals surface area contributed by atoms with Crippen LogP contribution in [0, 0.1) is 5.92 Å². The van der Waals surface area contributed by atoms with Gasteiger partial charge in [-0.05, 0) is 24.1 Å². The lowest BCUT2D eigenvalue weighted by Gasteiger charge is -2.12. The molecular formula is C19H15Cl3N2O3. The molecule has 0 N–H and O–H groups in total. The molecule has 0 aliphatic carbocycles. The van der Waals surface area contributed by atoms with Gasteiger partial charge in [-0.15, -0.1) is 10.2 Å². The summed E-state index contributed by atoms with van der Waals surface area (Å²) in [5.74, 6) is -0.0921. The van der Waals surface area contributed by atoms with E-state index in [4.69, 9.17) is 44.0 Å². The van der Waals surface area contributed by atoms with Gasteiger partial charge in [-0.1, -0.05) is 66.8 Å². The minimum absolute atomic E-state index is 0.0453. The third-order valence-electron chi connectivity index (χ3n) is 3.59. The van der Waals surface area contributed by atoms with Crippen molar-refractivity contribution in [3.63, 3.8) is 0 Å². The minimum atomic E-state index is -0.598. The molecule has 3 rings (SSSR count). The SMILES string of the molecule is CC(C)COC(=O)c1cc(Cl)c(Cl)c(Cl)c1-c1nnc(-c2ccccc2)o1. The average molecular weight is 426 g/mol. The van der Waals surface area contributed by atoms with Gasteiger partial charge in [-0.25, -0.2) is 4.79 Å². The van der Waals surface area contributed by atoms with E-state index in [1.165, 1.54) is 6.07 Å². The Labute approximate surface area is 171 Å². The van der Waals surface area contributed by atoms with E-state index in [-0.39, 0.29) is 50.5 Å². The van der Waals surface area contributed by atoms with Gasteiger partial charge in [-0.2, -0.15) is 0 Å². The van der Waals surface area contributed by atoms with Gasteiger partial charge in [0.1, 0.15) is 0 Å². The van der Waals surface area contributed by atoms with Crippen LogP contribution in [0.5, 0.6) is 0 Å². The fraction of sp³-hybridized carbons (Fsp3) is 0.211. The van der Waals surface area contributed by atoms with E-state index in [1.54, 1.807) is 0 Å². The van der Waals surface area contributed by atoms with Crippen LogP contribution in [0.15, 0.2) is 40.8 Å². The van der Waals surface area contributed by atoms with Crippen molar-refractivity contribution in [2.24, 2.45) is 5.92 Å². The Bertz CT molecular complexity index is 972. The number of carbonyl (C=O) groups is 1. The zero-order valence-corrected chi connectivity index (χ0v) is 16.8. The lowest BCUT2D eigenvalue weighted by Crippen LogP contribution is -2.12. The summed E-state index contributed by atoms with van der Waals surface area (Å²) in [4.78, 5) is 12.6. The molecule has 5 nitrogen and oxygen atoms in total. The van der Waals surface area contributed by atoms with E-state index in [2.05, 4.69) is 10.2 Å². The highest BCUT2D eigenvalue weighted by molar-refractivity contribution is 6.49. The number of benzene rings is 2. The van der Waals surface area contributed by atoms with Gasteiger partial charge in [0.15, 0.2) is 0 Å². The summed E-state index contributed by atoms with van der Waals surface area (Å²) in [5.41, 5.74) is 1.03. The molecule has 140 valence electrons. The zero-order chi connectivity index (χ0) is 19.6. The highest BCUT2D eigenvalue weighted by Crippen LogP contribution is 2.41. The molecule has 0 atom stereocenters. The molecule has 1 heterocycles. The molecule has 0 bridgehead atoms. The largest absolute Gasteiger partial charge is 0.462 e. The summed E-state index contributed by atoms with van der Waals surface area (Å²) in [6, 6.07) is 10.6.